The lowest BCUT2D eigenvalue weighted by molar-refractivity contribution is 0.432. The third kappa shape index (κ3) is 9.23. The van der Waals surface area contributed by atoms with Crippen molar-refractivity contribution in [1.82, 2.24) is 0 Å². The average molecular weight is 1020 g/mol. The summed E-state index contributed by atoms with van der Waals surface area (Å²) in [6.45, 7) is 6.51. The quantitative estimate of drug-likeness (QED) is 0.0633. The van der Waals surface area contributed by atoms with E-state index in [1.165, 1.54) is 73.4 Å². The van der Waals surface area contributed by atoms with Gasteiger partial charge in [0.25, 0.3) is 0 Å². The first-order valence-electron chi connectivity index (χ1n) is 24.0. The van der Waals surface area contributed by atoms with Crippen molar-refractivity contribution in [3.8, 4) is 69.0 Å². The average Bonchev–Trinajstić information content (AvgIpc) is 3.39. The number of hydrogen-bond donors (Lipinski definition) is 12. The SMILES string of the molecule is CC1c2cc(c(O)c(N=Cc3ccccc3O)c2O)C(C)c2cc(c(O)c(N=Cc3ccccc3O)c2O)C(C)c2cc(c(O)c(N=Cc3ccccc3O)c2O)C(C)c2cc1c(O)c(N=Cc1ccccc1O)c2O. The number of rotatable bonds is 8. The molecule has 1 aliphatic carbocycles. The van der Waals surface area contributed by atoms with Crippen LogP contribution in [0.1, 0.15) is 118 Å². The fourth-order valence-electron chi connectivity index (χ4n) is 9.48. The Bertz CT molecular complexity index is 3140. The van der Waals surface area contributed by atoms with E-state index in [4.69, 9.17) is 0 Å². The minimum absolute atomic E-state index is 0.0617. The molecule has 384 valence electrons. The lowest BCUT2D eigenvalue weighted by Gasteiger charge is -2.27. The van der Waals surface area contributed by atoms with Gasteiger partial charge in [0.1, 0.15) is 91.7 Å². The molecule has 76 heavy (non-hydrogen) atoms. The van der Waals surface area contributed by atoms with Crippen LogP contribution in [0.4, 0.5) is 22.7 Å². The highest BCUT2D eigenvalue weighted by atomic mass is 16.3. The Morgan fingerprint density at radius 2 is 0.421 bits per heavy atom. The minimum Gasteiger partial charge on any atom is -0.507 e. The summed E-state index contributed by atoms with van der Waals surface area (Å²) in [6.07, 6.45) is 4.94. The maximum atomic E-state index is 12.3. The van der Waals surface area contributed by atoms with Crippen molar-refractivity contribution in [3.05, 3.63) is 188 Å². The van der Waals surface area contributed by atoms with E-state index in [2.05, 4.69) is 20.0 Å². The molecule has 0 aromatic heterocycles. The summed E-state index contributed by atoms with van der Waals surface area (Å²) >= 11 is 0. The molecule has 16 nitrogen and oxygen atoms in total. The molecular formula is C60H52N4O12. The molecule has 0 amide bonds. The lowest BCUT2D eigenvalue weighted by atomic mass is 9.79. The Morgan fingerprint density at radius 3 is 0.579 bits per heavy atom. The van der Waals surface area contributed by atoms with Crippen LogP contribution in [0.3, 0.4) is 0 Å². The van der Waals surface area contributed by atoms with Gasteiger partial charge in [0, 0.05) is 115 Å². The zero-order chi connectivity index (χ0) is 54.3. The molecule has 0 radical (unpaired) electrons. The van der Waals surface area contributed by atoms with E-state index in [-0.39, 0.29) is 113 Å². The van der Waals surface area contributed by atoms with Crippen molar-refractivity contribution in [3.63, 3.8) is 0 Å². The predicted molar refractivity (Wildman–Crippen MR) is 291 cm³/mol. The Morgan fingerprint density at radius 1 is 0.263 bits per heavy atom. The second kappa shape index (κ2) is 20.5. The summed E-state index contributed by atoms with van der Waals surface area (Å²) in [5.74, 6) is -9.35. The Labute approximate surface area is 435 Å². The molecule has 9 rings (SSSR count). The van der Waals surface area contributed by atoms with E-state index in [0.29, 0.717) is 0 Å². The van der Waals surface area contributed by atoms with Crippen LogP contribution in [0.15, 0.2) is 141 Å². The minimum atomic E-state index is -1.07. The molecule has 0 aliphatic heterocycles. The van der Waals surface area contributed by atoms with Gasteiger partial charge in [-0.25, -0.2) is 20.0 Å². The van der Waals surface area contributed by atoms with Gasteiger partial charge < -0.3 is 61.3 Å². The molecule has 0 heterocycles. The van der Waals surface area contributed by atoms with Crippen molar-refractivity contribution < 1.29 is 61.3 Å². The van der Waals surface area contributed by atoms with Crippen LogP contribution < -0.4 is 0 Å². The van der Waals surface area contributed by atoms with Crippen LogP contribution in [0.2, 0.25) is 0 Å². The van der Waals surface area contributed by atoms with Gasteiger partial charge in [-0.3, -0.25) is 0 Å². The normalized spacial score (nSPS) is 16.6. The van der Waals surface area contributed by atoms with Gasteiger partial charge in [-0.15, -0.1) is 0 Å². The lowest BCUT2D eigenvalue weighted by Crippen LogP contribution is -2.08. The van der Waals surface area contributed by atoms with Crippen LogP contribution >= 0.6 is 0 Å². The predicted octanol–water partition coefficient (Wildman–Crippen LogP) is 12.1. The zero-order valence-corrected chi connectivity index (χ0v) is 41.3. The number of nitrogens with zero attached hydrogens (tertiary/aromatic N) is 4. The smallest absolute Gasteiger partial charge is 0.148 e. The molecule has 8 aromatic rings. The Hall–Kier alpha value is -9.96. The van der Waals surface area contributed by atoms with E-state index in [0.717, 1.165) is 0 Å². The van der Waals surface area contributed by atoms with Crippen molar-refractivity contribution in [2.24, 2.45) is 20.0 Å². The molecule has 12 N–H and O–H groups in total. The van der Waals surface area contributed by atoms with Gasteiger partial charge in [-0.1, -0.05) is 76.2 Å². The first-order valence-corrected chi connectivity index (χ1v) is 24.0. The highest BCUT2D eigenvalue weighted by Crippen LogP contribution is 2.57. The molecule has 0 fully saturated rings. The van der Waals surface area contributed by atoms with E-state index in [1.54, 1.807) is 100 Å². The van der Waals surface area contributed by atoms with Crippen LogP contribution in [-0.4, -0.2) is 86.1 Å². The number of fused-ring (bicyclic) bond motifs is 8. The fourth-order valence-corrected chi connectivity index (χ4v) is 9.48. The van der Waals surface area contributed by atoms with Crippen LogP contribution in [0.5, 0.6) is 69.0 Å². The molecule has 0 spiro atoms. The molecule has 0 saturated carbocycles. The summed E-state index contributed by atoms with van der Waals surface area (Å²) in [5.41, 5.74) is -0.0594. The van der Waals surface area contributed by atoms with Crippen LogP contribution in [-0.2, 0) is 0 Å². The second-order valence-corrected chi connectivity index (χ2v) is 18.6. The molecule has 0 unspecified atom stereocenters. The fraction of sp³-hybridized carbons (Fsp3) is 0.133. The second-order valence-electron chi connectivity index (χ2n) is 18.6. The summed E-state index contributed by atoms with van der Waals surface area (Å²) < 4.78 is 0. The number of aromatic hydroxyl groups is 12. The standard InChI is InChI=1S/C60H52N4O12/c1-29-37-21-39(55(71)49(53(37)69)61-25-33-13-5-9-17-45(33)65)30(2)41-23-43(59(75)51(57(41)73)63-27-35-15-7-11-19-47(35)67)32(4)44-24-42(58(74)52(60(44)76)64-28-36-16-8-12-20-48(36)68)31(3)40-22-38(29)54(70)50(56(40)72)62-26-34-14-6-10-18-46(34)66/h5-32,65-76H,1-4H3. The highest BCUT2D eigenvalue weighted by Gasteiger charge is 2.34. The van der Waals surface area contributed by atoms with Gasteiger partial charge in [0.2, 0.25) is 0 Å². The number of phenols is 12. The van der Waals surface area contributed by atoms with Crippen molar-refractivity contribution in [1.29, 1.82) is 0 Å². The van der Waals surface area contributed by atoms with Crippen molar-refractivity contribution in [2.45, 2.75) is 51.4 Å². The monoisotopic (exact) mass is 1020 g/mol. The van der Waals surface area contributed by atoms with Gasteiger partial charge in [0.15, 0.2) is 0 Å². The Balaban J connectivity index is 1.39. The van der Waals surface area contributed by atoms with Gasteiger partial charge in [-0.2, -0.15) is 0 Å². The Kier molecular flexibility index (Phi) is 13.8. The summed E-state index contributed by atoms with van der Waals surface area (Å²) in [4.78, 5) is 18.0. The molecule has 16 heteroatoms. The van der Waals surface area contributed by atoms with Gasteiger partial charge in [-0.05, 0) is 72.8 Å². The number of aliphatic imine (C=N–C) groups is 4. The number of hydrogen-bond acceptors (Lipinski definition) is 16. The third-order valence-electron chi connectivity index (χ3n) is 14.0. The van der Waals surface area contributed by atoms with Crippen molar-refractivity contribution in [2.75, 3.05) is 0 Å². The van der Waals surface area contributed by atoms with E-state index < -0.39 is 69.7 Å². The number of phenolic OH excluding ortho intramolecular Hbond substituents is 12. The van der Waals surface area contributed by atoms with Gasteiger partial charge >= 0.3 is 0 Å². The molecule has 8 aromatic carbocycles. The third-order valence-corrected chi connectivity index (χ3v) is 14.0. The topological polar surface area (TPSA) is 292 Å². The van der Waals surface area contributed by atoms with E-state index in [1.807, 2.05) is 0 Å². The summed E-state index contributed by atoms with van der Waals surface area (Å²) in [5, 5.41) is 141. The first-order chi connectivity index (χ1) is 36.4. The molecule has 1 aliphatic rings. The van der Waals surface area contributed by atoms with E-state index in [9.17, 15) is 61.3 Å². The van der Waals surface area contributed by atoms with Gasteiger partial charge in [0.05, 0.1) is 0 Å². The number of para-hydroxylation sites is 4. The largest absolute Gasteiger partial charge is 0.507 e. The molecule has 0 atom stereocenters. The summed E-state index contributed by atoms with van der Waals surface area (Å²) in [6, 6.07) is 30.8. The zero-order valence-electron chi connectivity index (χ0n) is 41.3. The first kappa shape index (κ1) is 51.0. The van der Waals surface area contributed by atoms with Crippen molar-refractivity contribution >= 4 is 47.6 Å². The maximum absolute atomic E-state index is 12.3. The molecule has 0 saturated heterocycles. The van der Waals surface area contributed by atoms with Crippen LogP contribution in [0, 0.1) is 0 Å². The summed E-state index contributed by atoms with van der Waals surface area (Å²) in [7, 11) is 0. The van der Waals surface area contributed by atoms with E-state index >= 15 is 0 Å². The maximum Gasteiger partial charge on any atom is 0.148 e. The molecule has 8 bridgehead atoms. The highest BCUT2D eigenvalue weighted by molar-refractivity contribution is 5.91. The number of benzene rings is 8. The molecular weight excluding hydrogens is 969 g/mol. The van der Waals surface area contributed by atoms with Crippen LogP contribution in [0.25, 0.3) is 0 Å².